The molecule has 1 fully saturated rings. The predicted octanol–water partition coefficient (Wildman–Crippen LogP) is 3.02. The summed E-state index contributed by atoms with van der Waals surface area (Å²) in [5.74, 6) is 0.460. The molecule has 3 rings (SSSR count). The van der Waals surface area contributed by atoms with Crippen molar-refractivity contribution in [1.82, 2.24) is 24.9 Å². The number of esters is 1. The van der Waals surface area contributed by atoms with E-state index in [1.54, 1.807) is 13.8 Å². The molecule has 13 nitrogen and oxygen atoms in total. The second-order valence-electron chi connectivity index (χ2n) is 10.9. The maximum atomic E-state index is 14.9. The lowest BCUT2D eigenvalue weighted by atomic mass is 10.0. The number of hydrogen-bond acceptors (Lipinski definition) is 9. The second kappa shape index (κ2) is 16.1. The fourth-order valence-electron chi connectivity index (χ4n) is 4.45. The molecule has 16 heteroatoms. The smallest absolute Gasteiger partial charge is 0.407 e. The lowest BCUT2D eigenvalue weighted by molar-refractivity contribution is -0.150. The third-order valence-electron chi connectivity index (χ3n) is 7.02. The average molecular weight is 638 g/mol. The number of nitrogens with zero attached hydrogens (tertiary/aromatic N) is 4. The summed E-state index contributed by atoms with van der Waals surface area (Å²) in [6.07, 6.45) is -0.289. The van der Waals surface area contributed by atoms with Crippen molar-refractivity contribution in [2.24, 2.45) is 18.7 Å². The standard InChI is InChI=1S/C29H38F3N7O6/c1-6-17(4)7-8-34-29(42)45-23-10-18(9-20(23)30)21-12-25(39(37-21)15-44-28(41)26(33)16(2)3)35-27(40)22-11-19(36-38(22)5)13-43-14-24(31)32/h1,11-12,16,18,20,23-24,26H,4,7-10,13-15,33H2,2-3,5H3,(H,34,42)(H,35,40). The van der Waals surface area contributed by atoms with Crippen LogP contribution in [0.25, 0.3) is 0 Å². The van der Waals surface area contributed by atoms with Gasteiger partial charge in [0.1, 0.15) is 36.4 Å². The predicted molar refractivity (Wildman–Crippen MR) is 156 cm³/mol. The molecular weight excluding hydrogens is 599 g/mol. The van der Waals surface area contributed by atoms with E-state index in [-0.39, 0.29) is 49.1 Å². The van der Waals surface area contributed by atoms with Gasteiger partial charge in [0.2, 0.25) is 0 Å². The Morgan fingerprint density at radius 2 is 1.98 bits per heavy atom. The molecule has 0 aliphatic heterocycles. The first-order valence-electron chi connectivity index (χ1n) is 14.2. The van der Waals surface area contributed by atoms with Crippen LogP contribution in [0, 0.1) is 18.3 Å². The number of carbonyl (C=O) groups excluding carboxylic acids is 3. The normalized spacial score (nSPS) is 18.4. The van der Waals surface area contributed by atoms with E-state index in [0.29, 0.717) is 17.7 Å². The number of alkyl halides is 3. The zero-order chi connectivity index (χ0) is 33.3. The highest BCUT2D eigenvalue weighted by Gasteiger charge is 2.39. The number of aromatic nitrogens is 4. The Balaban J connectivity index is 1.74. The minimum Gasteiger partial charge on any atom is -0.443 e. The number of anilines is 1. The Bertz CT molecular complexity index is 1400. The third-order valence-corrected chi connectivity index (χ3v) is 7.02. The number of alkyl carbamates (subject to hydrolysis) is 1. The van der Waals surface area contributed by atoms with E-state index in [2.05, 4.69) is 33.3 Å². The molecule has 2 amide bonds. The minimum absolute atomic E-state index is 0.0159. The lowest BCUT2D eigenvalue weighted by Gasteiger charge is -2.15. The van der Waals surface area contributed by atoms with Gasteiger partial charge in [-0.05, 0) is 36.8 Å². The molecule has 1 aliphatic rings. The lowest BCUT2D eigenvalue weighted by Crippen LogP contribution is -2.37. The highest BCUT2D eigenvalue weighted by atomic mass is 19.3. The van der Waals surface area contributed by atoms with Gasteiger partial charge in [0.05, 0.1) is 18.0 Å². The average Bonchev–Trinajstić information content (AvgIpc) is 3.67. The molecule has 4 atom stereocenters. The van der Waals surface area contributed by atoms with Gasteiger partial charge in [-0.3, -0.25) is 14.3 Å². The van der Waals surface area contributed by atoms with E-state index in [0.717, 1.165) is 0 Å². The van der Waals surface area contributed by atoms with Crippen LogP contribution in [0.5, 0.6) is 0 Å². The van der Waals surface area contributed by atoms with E-state index in [1.807, 2.05) is 0 Å². The highest BCUT2D eigenvalue weighted by Crippen LogP contribution is 2.38. The monoisotopic (exact) mass is 637 g/mol. The highest BCUT2D eigenvalue weighted by molar-refractivity contribution is 6.02. The van der Waals surface area contributed by atoms with E-state index >= 15 is 0 Å². The maximum Gasteiger partial charge on any atom is 0.407 e. The summed E-state index contributed by atoms with van der Waals surface area (Å²) >= 11 is 0. The Kier molecular flexibility index (Phi) is 12.6. The summed E-state index contributed by atoms with van der Waals surface area (Å²) in [5.41, 5.74) is 7.07. The molecular formula is C29H38F3N7O6. The van der Waals surface area contributed by atoms with Crippen LogP contribution in [-0.4, -0.2) is 75.4 Å². The molecule has 4 unspecified atom stereocenters. The van der Waals surface area contributed by atoms with Crippen LogP contribution in [-0.2, 0) is 39.4 Å². The first kappa shape index (κ1) is 35.1. The van der Waals surface area contributed by atoms with Crippen molar-refractivity contribution < 1.29 is 41.8 Å². The molecule has 45 heavy (non-hydrogen) atoms. The maximum absolute atomic E-state index is 14.9. The summed E-state index contributed by atoms with van der Waals surface area (Å²) in [5, 5.41) is 13.7. The van der Waals surface area contributed by atoms with Crippen molar-refractivity contribution in [3.05, 3.63) is 41.4 Å². The number of amides is 2. The SMILES string of the molecule is C#CC(=C)CCNC(=O)OC1CC(c2cc(NC(=O)c3cc(COCC(F)F)nn3C)n(COC(=O)C(N)C(C)C)n2)CC1F. The van der Waals surface area contributed by atoms with Crippen molar-refractivity contribution in [1.29, 1.82) is 0 Å². The fourth-order valence-corrected chi connectivity index (χ4v) is 4.45. The molecule has 1 aliphatic carbocycles. The first-order valence-corrected chi connectivity index (χ1v) is 14.2. The van der Waals surface area contributed by atoms with Gasteiger partial charge in [0.15, 0.2) is 6.73 Å². The van der Waals surface area contributed by atoms with Crippen molar-refractivity contribution >= 4 is 23.8 Å². The number of nitrogens with one attached hydrogen (secondary N) is 2. The van der Waals surface area contributed by atoms with Crippen molar-refractivity contribution in [2.45, 2.75) is 77.1 Å². The van der Waals surface area contributed by atoms with Crippen LogP contribution in [0.2, 0.25) is 0 Å². The van der Waals surface area contributed by atoms with Gasteiger partial charge in [-0.15, -0.1) is 6.42 Å². The molecule has 2 heterocycles. The molecule has 2 aromatic rings. The summed E-state index contributed by atoms with van der Waals surface area (Å²) < 4.78 is 57.7. The number of hydrogen-bond donors (Lipinski definition) is 3. The van der Waals surface area contributed by atoms with Crippen LogP contribution >= 0.6 is 0 Å². The van der Waals surface area contributed by atoms with Gasteiger partial charge in [-0.1, -0.05) is 26.3 Å². The topological polar surface area (TPSA) is 165 Å². The molecule has 0 saturated heterocycles. The number of aryl methyl sites for hydroxylation is 1. The zero-order valence-corrected chi connectivity index (χ0v) is 25.3. The van der Waals surface area contributed by atoms with Gasteiger partial charge >= 0.3 is 12.1 Å². The van der Waals surface area contributed by atoms with E-state index in [1.165, 1.54) is 28.5 Å². The fraction of sp³-hybridized carbons (Fsp3) is 0.552. The van der Waals surface area contributed by atoms with Gasteiger partial charge < -0.3 is 30.6 Å². The molecule has 2 aromatic heterocycles. The molecule has 246 valence electrons. The Labute approximate surface area is 258 Å². The Hall–Kier alpha value is -4.36. The van der Waals surface area contributed by atoms with E-state index in [4.69, 9.17) is 26.4 Å². The largest absolute Gasteiger partial charge is 0.443 e. The Morgan fingerprint density at radius 1 is 1.24 bits per heavy atom. The summed E-state index contributed by atoms with van der Waals surface area (Å²) in [6.45, 7) is 5.92. The number of rotatable bonds is 15. The van der Waals surface area contributed by atoms with Crippen LogP contribution in [0.3, 0.4) is 0 Å². The van der Waals surface area contributed by atoms with Crippen LogP contribution < -0.4 is 16.4 Å². The molecule has 0 aromatic carbocycles. The van der Waals surface area contributed by atoms with Crippen LogP contribution in [0.4, 0.5) is 23.8 Å². The number of nitrogens with two attached hydrogens (primary N) is 1. The number of halogens is 3. The number of carbonyl (C=O) groups is 3. The molecule has 0 radical (unpaired) electrons. The minimum atomic E-state index is -2.65. The number of ether oxygens (including phenoxy) is 3. The van der Waals surface area contributed by atoms with Crippen LogP contribution in [0.15, 0.2) is 24.3 Å². The summed E-state index contributed by atoms with van der Waals surface area (Å²) in [7, 11) is 1.49. The van der Waals surface area contributed by atoms with Crippen molar-refractivity contribution in [3.63, 3.8) is 0 Å². The van der Waals surface area contributed by atoms with Crippen molar-refractivity contribution in [3.8, 4) is 12.3 Å². The van der Waals surface area contributed by atoms with Gasteiger partial charge in [0.25, 0.3) is 12.3 Å². The third kappa shape index (κ3) is 10.1. The van der Waals surface area contributed by atoms with Crippen molar-refractivity contribution in [2.75, 3.05) is 18.5 Å². The summed E-state index contributed by atoms with van der Waals surface area (Å²) in [4.78, 5) is 37.8. The van der Waals surface area contributed by atoms with E-state index in [9.17, 15) is 27.6 Å². The van der Waals surface area contributed by atoms with Gasteiger partial charge in [0, 0.05) is 25.6 Å². The quantitative estimate of drug-likeness (QED) is 0.197. The zero-order valence-electron chi connectivity index (χ0n) is 25.3. The number of terminal acetylenes is 1. The Morgan fingerprint density at radius 3 is 2.64 bits per heavy atom. The summed E-state index contributed by atoms with van der Waals surface area (Å²) in [6, 6.07) is 1.99. The molecule has 1 saturated carbocycles. The molecule has 0 spiro atoms. The first-order chi connectivity index (χ1) is 21.3. The molecule has 4 N–H and O–H groups in total. The van der Waals surface area contributed by atoms with Gasteiger partial charge in [-0.2, -0.15) is 10.2 Å². The van der Waals surface area contributed by atoms with E-state index < -0.39 is 62.0 Å². The van der Waals surface area contributed by atoms with Crippen LogP contribution in [0.1, 0.15) is 60.9 Å². The molecule has 0 bridgehead atoms. The second-order valence-corrected chi connectivity index (χ2v) is 10.9. The van der Waals surface area contributed by atoms with Gasteiger partial charge in [-0.25, -0.2) is 22.6 Å².